The van der Waals surface area contributed by atoms with Crippen LogP contribution >= 0.6 is 34.3 Å². The molecule has 0 radical (unpaired) electrons. The average molecular weight is 434 g/mol. The van der Waals surface area contributed by atoms with Crippen molar-refractivity contribution in [3.8, 4) is 0 Å². The Balaban J connectivity index is 1.54. The minimum Gasteiger partial charge on any atom is -0.272 e. The monoisotopic (exact) mass is 433 g/mol. The normalized spacial score (nSPS) is 13.7. The SMILES string of the molecule is CN(CC(=O)NNC(=O)c1cc2c(s1)CCC2)S(=O)(=O)c1ccc(Cl)s1. The van der Waals surface area contributed by atoms with Gasteiger partial charge >= 0.3 is 0 Å². The highest BCUT2D eigenvalue weighted by Gasteiger charge is 2.25. The number of hydrogen-bond donors (Lipinski definition) is 2. The van der Waals surface area contributed by atoms with E-state index in [4.69, 9.17) is 11.6 Å². The Labute approximate surface area is 164 Å². The Bertz CT molecular complexity index is 930. The summed E-state index contributed by atoms with van der Waals surface area (Å²) in [6.45, 7) is -0.431. The van der Waals surface area contributed by atoms with Gasteiger partial charge in [0.25, 0.3) is 21.8 Å². The summed E-state index contributed by atoms with van der Waals surface area (Å²) in [6, 6.07) is 4.70. The summed E-state index contributed by atoms with van der Waals surface area (Å²) < 4.78 is 26.0. The summed E-state index contributed by atoms with van der Waals surface area (Å²) in [5.74, 6) is -1.05. The summed E-state index contributed by atoms with van der Waals surface area (Å²) in [7, 11) is -2.52. The smallest absolute Gasteiger partial charge is 0.272 e. The summed E-state index contributed by atoms with van der Waals surface area (Å²) in [5.41, 5.74) is 5.75. The lowest BCUT2D eigenvalue weighted by Crippen LogP contribution is -2.46. The number of hydrogen-bond acceptors (Lipinski definition) is 6. The Hall–Kier alpha value is -1.46. The van der Waals surface area contributed by atoms with Gasteiger partial charge in [-0.15, -0.1) is 22.7 Å². The van der Waals surface area contributed by atoms with E-state index in [0.717, 1.165) is 34.9 Å². The first-order chi connectivity index (χ1) is 12.3. The van der Waals surface area contributed by atoms with Crippen LogP contribution in [0.4, 0.5) is 0 Å². The third-order valence-corrected chi connectivity index (χ3v) is 8.60. The molecular weight excluding hydrogens is 418 g/mol. The number of carbonyl (C=O) groups excluding carboxylic acids is 2. The van der Waals surface area contributed by atoms with Crippen molar-refractivity contribution in [2.45, 2.75) is 23.5 Å². The first kappa shape index (κ1) is 19.3. The summed E-state index contributed by atoms with van der Waals surface area (Å²) in [5, 5.41) is 0. The van der Waals surface area contributed by atoms with Gasteiger partial charge in [-0.25, -0.2) is 8.42 Å². The first-order valence-corrected chi connectivity index (χ1v) is 11.1. The van der Waals surface area contributed by atoms with Gasteiger partial charge in [-0.05, 0) is 43.0 Å². The molecule has 1 aliphatic carbocycles. The largest absolute Gasteiger partial charge is 0.279 e. The van der Waals surface area contributed by atoms with E-state index in [-0.39, 0.29) is 4.21 Å². The highest BCUT2D eigenvalue weighted by Crippen LogP contribution is 2.30. The fraction of sp³-hybridized carbons (Fsp3) is 0.333. The van der Waals surface area contributed by atoms with Crippen LogP contribution in [0.1, 0.15) is 26.5 Å². The first-order valence-electron chi connectivity index (χ1n) is 7.70. The van der Waals surface area contributed by atoms with E-state index >= 15 is 0 Å². The van der Waals surface area contributed by atoms with Gasteiger partial charge in [0.2, 0.25) is 0 Å². The van der Waals surface area contributed by atoms with Crippen LogP contribution in [0.5, 0.6) is 0 Å². The third kappa shape index (κ3) is 4.09. The lowest BCUT2D eigenvalue weighted by molar-refractivity contribution is -0.121. The number of nitrogens with one attached hydrogen (secondary N) is 2. The van der Waals surface area contributed by atoms with Crippen molar-refractivity contribution in [1.82, 2.24) is 15.2 Å². The van der Waals surface area contributed by atoms with E-state index in [2.05, 4.69) is 10.9 Å². The molecule has 0 bridgehead atoms. The lowest BCUT2D eigenvalue weighted by Gasteiger charge is -2.15. The van der Waals surface area contributed by atoms with Crippen molar-refractivity contribution in [1.29, 1.82) is 0 Å². The number of hydrazine groups is 1. The molecule has 2 aromatic rings. The Kier molecular flexibility index (Phi) is 5.68. The van der Waals surface area contributed by atoms with E-state index < -0.39 is 28.4 Å². The molecule has 26 heavy (non-hydrogen) atoms. The average Bonchev–Trinajstić information content (AvgIpc) is 3.27. The molecule has 2 heterocycles. The molecule has 3 rings (SSSR count). The predicted molar refractivity (Wildman–Crippen MR) is 101 cm³/mol. The summed E-state index contributed by atoms with van der Waals surface area (Å²) in [6.07, 6.45) is 3.06. The molecule has 2 aromatic heterocycles. The number of halogens is 1. The van der Waals surface area contributed by atoms with Gasteiger partial charge in [0.05, 0.1) is 15.8 Å². The molecule has 2 N–H and O–H groups in total. The number of nitrogens with zero attached hydrogens (tertiary/aromatic N) is 1. The zero-order chi connectivity index (χ0) is 18.9. The van der Waals surface area contributed by atoms with Crippen LogP contribution in [-0.2, 0) is 27.7 Å². The number of aryl methyl sites for hydroxylation is 2. The lowest BCUT2D eigenvalue weighted by atomic mass is 10.2. The molecule has 7 nitrogen and oxygen atoms in total. The summed E-state index contributed by atoms with van der Waals surface area (Å²) >= 11 is 8.09. The topological polar surface area (TPSA) is 95.6 Å². The number of amides is 2. The number of carbonyl (C=O) groups is 2. The van der Waals surface area contributed by atoms with E-state index in [1.807, 2.05) is 6.07 Å². The Morgan fingerprint density at radius 2 is 2.00 bits per heavy atom. The van der Waals surface area contributed by atoms with Crippen LogP contribution < -0.4 is 10.9 Å². The standard InChI is InChI=1S/C15H16ClN3O4S3/c1-19(26(22,23)14-6-5-12(16)25-14)8-13(20)17-18-15(21)11-7-9-3-2-4-10(9)24-11/h5-7H,2-4,8H2,1H3,(H,17,20)(H,18,21). The Morgan fingerprint density at radius 3 is 2.65 bits per heavy atom. The van der Waals surface area contributed by atoms with E-state index in [1.54, 1.807) is 0 Å². The number of thiophene rings is 2. The maximum absolute atomic E-state index is 12.3. The van der Waals surface area contributed by atoms with E-state index in [0.29, 0.717) is 9.21 Å². The number of rotatable bonds is 5. The van der Waals surface area contributed by atoms with Crippen molar-refractivity contribution in [3.05, 3.63) is 37.9 Å². The van der Waals surface area contributed by atoms with E-state index in [9.17, 15) is 18.0 Å². The van der Waals surface area contributed by atoms with Crippen LogP contribution in [0.3, 0.4) is 0 Å². The van der Waals surface area contributed by atoms with Crippen molar-refractivity contribution in [3.63, 3.8) is 0 Å². The van der Waals surface area contributed by atoms with Crippen LogP contribution in [0, 0.1) is 0 Å². The van der Waals surface area contributed by atoms with Gasteiger partial charge in [0, 0.05) is 11.9 Å². The predicted octanol–water partition coefficient (Wildman–Crippen LogP) is 2.03. The second-order valence-electron chi connectivity index (χ2n) is 5.73. The van der Waals surface area contributed by atoms with Crippen LogP contribution in [0.2, 0.25) is 4.34 Å². The van der Waals surface area contributed by atoms with Crippen molar-refractivity contribution in [2.75, 3.05) is 13.6 Å². The second kappa shape index (κ2) is 7.65. The molecular formula is C15H16ClN3O4S3. The van der Waals surface area contributed by atoms with Crippen molar-refractivity contribution >= 4 is 56.1 Å². The van der Waals surface area contributed by atoms with Gasteiger partial charge in [0.15, 0.2) is 0 Å². The van der Waals surface area contributed by atoms with Gasteiger partial charge < -0.3 is 0 Å². The molecule has 0 atom stereocenters. The highest BCUT2D eigenvalue weighted by atomic mass is 35.5. The molecule has 11 heteroatoms. The Morgan fingerprint density at radius 1 is 1.23 bits per heavy atom. The van der Waals surface area contributed by atoms with Crippen molar-refractivity contribution < 1.29 is 18.0 Å². The van der Waals surface area contributed by atoms with Gasteiger partial charge in [0.1, 0.15) is 4.21 Å². The fourth-order valence-electron chi connectivity index (χ4n) is 2.55. The molecule has 0 saturated heterocycles. The second-order valence-corrected chi connectivity index (χ2v) is 10.9. The van der Waals surface area contributed by atoms with Gasteiger partial charge in [-0.1, -0.05) is 11.6 Å². The maximum Gasteiger partial charge on any atom is 0.279 e. The third-order valence-electron chi connectivity index (χ3n) is 3.87. The van der Waals surface area contributed by atoms with Crippen LogP contribution in [0.15, 0.2) is 22.4 Å². The number of sulfonamides is 1. The minimum absolute atomic E-state index is 0.0509. The number of fused-ring (bicyclic) bond motifs is 1. The minimum atomic E-state index is -3.81. The van der Waals surface area contributed by atoms with Gasteiger partial charge in [-0.3, -0.25) is 20.4 Å². The van der Waals surface area contributed by atoms with Crippen LogP contribution in [0.25, 0.3) is 0 Å². The molecule has 1 aliphatic rings. The molecule has 0 aromatic carbocycles. The molecule has 0 fully saturated rings. The van der Waals surface area contributed by atoms with Crippen molar-refractivity contribution in [2.24, 2.45) is 0 Å². The zero-order valence-electron chi connectivity index (χ0n) is 13.7. The molecule has 0 aliphatic heterocycles. The highest BCUT2D eigenvalue weighted by molar-refractivity contribution is 7.91. The van der Waals surface area contributed by atoms with Gasteiger partial charge in [-0.2, -0.15) is 4.31 Å². The maximum atomic E-state index is 12.3. The molecule has 0 unspecified atom stereocenters. The number of likely N-dealkylation sites (N-methyl/N-ethyl adjacent to an activating group) is 1. The molecule has 2 amide bonds. The quantitative estimate of drug-likeness (QED) is 0.705. The van der Waals surface area contributed by atoms with Crippen LogP contribution in [-0.4, -0.2) is 38.1 Å². The van der Waals surface area contributed by atoms with E-state index in [1.165, 1.54) is 41.0 Å². The molecule has 0 saturated carbocycles. The fourth-order valence-corrected chi connectivity index (χ4v) is 6.52. The molecule has 140 valence electrons. The summed E-state index contributed by atoms with van der Waals surface area (Å²) in [4.78, 5) is 25.8. The molecule has 0 spiro atoms. The zero-order valence-corrected chi connectivity index (χ0v) is 16.9.